The van der Waals surface area contributed by atoms with Crippen LogP contribution < -0.4 is 5.32 Å². The summed E-state index contributed by atoms with van der Waals surface area (Å²) in [5, 5.41) is 4.09. The quantitative estimate of drug-likeness (QED) is 0.788. The van der Waals surface area contributed by atoms with Crippen molar-refractivity contribution in [3.63, 3.8) is 0 Å². The highest BCUT2D eigenvalue weighted by molar-refractivity contribution is 14.1. The number of benzene rings is 2. The Bertz CT molecular complexity index is 453. The Morgan fingerprint density at radius 1 is 0.933 bits per heavy atom. The van der Waals surface area contributed by atoms with Crippen LogP contribution in [0.25, 0.3) is 0 Å². The topological polar surface area (TPSA) is 12.0 Å². The average Bonchev–Trinajstić information content (AvgIpc) is 2.25. The van der Waals surface area contributed by atoms with Gasteiger partial charge in [-0.1, -0.05) is 23.7 Å². The fraction of sp³-hybridized carbons (Fsp3) is 0. The molecule has 0 aliphatic heterocycles. The maximum absolute atomic E-state index is 5.82. The lowest BCUT2D eigenvalue weighted by molar-refractivity contribution is 1.52. The summed E-state index contributed by atoms with van der Waals surface area (Å²) in [5.41, 5.74) is 2.16. The zero-order chi connectivity index (χ0) is 10.7. The molecule has 0 atom stereocenters. The molecule has 0 bridgehead atoms. The van der Waals surface area contributed by atoms with Gasteiger partial charge in [0.15, 0.2) is 0 Å². The molecular weight excluding hydrogens is 320 g/mol. The molecule has 0 amide bonds. The molecule has 0 aliphatic rings. The fourth-order valence-electron chi connectivity index (χ4n) is 1.25. The molecule has 0 saturated carbocycles. The zero-order valence-electron chi connectivity index (χ0n) is 7.87. The lowest BCUT2D eigenvalue weighted by Gasteiger charge is -2.07. The molecule has 0 heterocycles. The van der Waals surface area contributed by atoms with Gasteiger partial charge in [0, 0.05) is 14.3 Å². The lowest BCUT2D eigenvalue weighted by Crippen LogP contribution is -1.91. The van der Waals surface area contributed by atoms with Gasteiger partial charge in [0.25, 0.3) is 0 Å². The first-order valence-electron chi connectivity index (χ1n) is 4.53. The third-order valence-corrected chi connectivity index (χ3v) is 3.19. The van der Waals surface area contributed by atoms with Gasteiger partial charge in [0.1, 0.15) is 0 Å². The number of hydrogen-bond donors (Lipinski definition) is 1. The van der Waals surface area contributed by atoms with E-state index in [0.717, 1.165) is 16.4 Å². The minimum atomic E-state index is 0.753. The highest BCUT2D eigenvalue weighted by atomic mass is 127. The van der Waals surface area contributed by atoms with Crippen molar-refractivity contribution in [3.8, 4) is 0 Å². The second-order valence-electron chi connectivity index (χ2n) is 3.11. The van der Waals surface area contributed by atoms with Crippen molar-refractivity contribution in [1.82, 2.24) is 0 Å². The van der Waals surface area contributed by atoms with Gasteiger partial charge in [0.05, 0.1) is 5.69 Å². The van der Waals surface area contributed by atoms with Gasteiger partial charge in [-0.05, 0) is 59.0 Å². The Morgan fingerprint density at radius 3 is 2.27 bits per heavy atom. The largest absolute Gasteiger partial charge is 0.355 e. The fourth-order valence-corrected chi connectivity index (χ4v) is 1.90. The van der Waals surface area contributed by atoms with Crippen molar-refractivity contribution < 1.29 is 0 Å². The van der Waals surface area contributed by atoms with E-state index in [9.17, 15) is 0 Å². The van der Waals surface area contributed by atoms with Gasteiger partial charge in [-0.2, -0.15) is 0 Å². The molecule has 0 fully saturated rings. The summed E-state index contributed by atoms with van der Waals surface area (Å²) < 4.78 is 1.20. The smallest absolute Gasteiger partial charge is 0.0519 e. The van der Waals surface area contributed by atoms with Crippen molar-refractivity contribution in [3.05, 3.63) is 57.1 Å². The molecule has 0 aromatic heterocycles. The summed E-state index contributed by atoms with van der Waals surface area (Å²) in [5.74, 6) is 0. The van der Waals surface area contributed by atoms with Gasteiger partial charge in [0.2, 0.25) is 0 Å². The Kier molecular flexibility index (Phi) is 3.49. The van der Waals surface area contributed by atoms with Gasteiger partial charge >= 0.3 is 0 Å². The number of anilines is 2. The normalized spacial score (nSPS) is 10.0. The van der Waals surface area contributed by atoms with Gasteiger partial charge in [-0.3, -0.25) is 0 Å². The third kappa shape index (κ3) is 2.86. The average molecular weight is 330 g/mol. The summed E-state index contributed by atoms with van der Waals surface area (Å²) in [6.07, 6.45) is 0. The van der Waals surface area contributed by atoms with E-state index in [1.807, 2.05) is 36.4 Å². The minimum absolute atomic E-state index is 0.753. The molecule has 1 nitrogen and oxygen atoms in total. The Morgan fingerprint density at radius 2 is 1.60 bits per heavy atom. The Hall–Kier alpha value is -0.740. The summed E-state index contributed by atoms with van der Waals surface area (Å²) in [7, 11) is 0. The van der Waals surface area contributed by atoms with Crippen molar-refractivity contribution in [2.75, 3.05) is 5.32 Å². The monoisotopic (exact) mass is 329 g/mol. The maximum atomic E-state index is 5.82. The molecular formula is C12H9ClIN. The van der Waals surface area contributed by atoms with Crippen LogP contribution in [0.1, 0.15) is 0 Å². The molecule has 2 aromatic carbocycles. The molecule has 2 aromatic rings. The summed E-state index contributed by atoms with van der Waals surface area (Å²) >= 11 is 8.12. The van der Waals surface area contributed by atoms with Gasteiger partial charge in [-0.25, -0.2) is 0 Å². The van der Waals surface area contributed by atoms with E-state index in [2.05, 4.69) is 40.0 Å². The first kappa shape index (κ1) is 10.8. The molecule has 0 aliphatic carbocycles. The van der Waals surface area contributed by atoms with Crippen LogP contribution in [0.15, 0.2) is 48.5 Å². The highest BCUT2D eigenvalue weighted by Gasteiger charge is 1.98. The molecule has 3 heteroatoms. The predicted molar refractivity (Wildman–Crippen MR) is 73.9 cm³/mol. The second kappa shape index (κ2) is 4.86. The van der Waals surface area contributed by atoms with Crippen molar-refractivity contribution in [1.29, 1.82) is 0 Å². The predicted octanol–water partition coefficient (Wildman–Crippen LogP) is 4.69. The number of nitrogens with one attached hydrogen (secondary N) is 1. The van der Waals surface area contributed by atoms with Crippen molar-refractivity contribution in [2.24, 2.45) is 0 Å². The first-order valence-corrected chi connectivity index (χ1v) is 5.98. The molecule has 15 heavy (non-hydrogen) atoms. The molecule has 76 valence electrons. The highest BCUT2D eigenvalue weighted by Crippen LogP contribution is 2.23. The molecule has 0 radical (unpaired) electrons. The van der Waals surface area contributed by atoms with Crippen molar-refractivity contribution >= 4 is 45.6 Å². The zero-order valence-corrected chi connectivity index (χ0v) is 10.8. The Labute approximate surface area is 108 Å². The van der Waals surface area contributed by atoms with Gasteiger partial charge < -0.3 is 5.32 Å². The van der Waals surface area contributed by atoms with E-state index in [1.54, 1.807) is 0 Å². The summed E-state index contributed by atoms with van der Waals surface area (Å²) in [6.45, 7) is 0. The Balaban J connectivity index is 2.22. The first-order chi connectivity index (χ1) is 7.25. The second-order valence-corrected chi connectivity index (χ2v) is 4.71. The van der Waals surface area contributed by atoms with Crippen LogP contribution in [0.3, 0.4) is 0 Å². The van der Waals surface area contributed by atoms with Gasteiger partial charge in [-0.15, -0.1) is 0 Å². The van der Waals surface area contributed by atoms with Crippen molar-refractivity contribution in [2.45, 2.75) is 0 Å². The van der Waals surface area contributed by atoms with E-state index >= 15 is 0 Å². The standard InChI is InChI=1S/C12H9ClIN/c13-9-5-7-10(8-6-9)15-12-4-2-1-3-11(12)14/h1-8,15H. The van der Waals surface area contributed by atoms with E-state index < -0.39 is 0 Å². The number of hydrogen-bond acceptors (Lipinski definition) is 1. The number of halogens is 2. The number of rotatable bonds is 2. The van der Waals surface area contributed by atoms with Crippen LogP contribution in [0.4, 0.5) is 11.4 Å². The molecule has 0 saturated heterocycles. The summed E-state index contributed by atoms with van der Waals surface area (Å²) in [6, 6.07) is 15.8. The van der Waals surface area contributed by atoms with Crippen LogP contribution in [-0.4, -0.2) is 0 Å². The molecule has 0 unspecified atom stereocenters. The van der Waals surface area contributed by atoms with Crippen LogP contribution in [0.2, 0.25) is 5.02 Å². The minimum Gasteiger partial charge on any atom is -0.355 e. The lowest BCUT2D eigenvalue weighted by atomic mass is 10.3. The van der Waals surface area contributed by atoms with Crippen LogP contribution in [0.5, 0.6) is 0 Å². The van der Waals surface area contributed by atoms with Crippen LogP contribution >= 0.6 is 34.2 Å². The van der Waals surface area contributed by atoms with E-state index in [1.165, 1.54) is 3.57 Å². The van der Waals surface area contributed by atoms with Crippen LogP contribution in [-0.2, 0) is 0 Å². The van der Waals surface area contributed by atoms with E-state index in [0.29, 0.717) is 0 Å². The number of para-hydroxylation sites is 1. The third-order valence-electron chi connectivity index (χ3n) is 2.00. The molecule has 2 rings (SSSR count). The van der Waals surface area contributed by atoms with Crippen LogP contribution in [0, 0.1) is 3.57 Å². The molecule has 0 spiro atoms. The molecule has 1 N–H and O–H groups in total. The summed E-state index contributed by atoms with van der Waals surface area (Å²) in [4.78, 5) is 0. The SMILES string of the molecule is Clc1ccc(Nc2ccccc2I)cc1. The maximum Gasteiger partial charge on any atom is 0.0519 e. The van der Waals surface area contributed by atoms with E-state index in [4.69, 9.17) is 11.6 Å². The van der Waals surface area contributed by atoms with E-state index in [-0.39, 0.29) is 0 Å².